The highest BCUT2D eigenvalue weighted by Gasteiger charge is 2.29. The second-order valence-electron chi connectivity index (χ2n) is 7.56. The predicted octanol–water partition coefficient (Wildman–Crippen LogP) is 4.53. The zero-order valence-electron chi connectivity index (χ0n) is 16.5. The van der Waals surface area contributed by atoms with E-state index in [0.29, 0.717) is 13.1 Å². The third kappa shape index (κ3) is 4.34. The van der Waals surface area contributed by atoms with Crippen molar-refractivity contribution in [2.45, 2.75) is 32.1 Å². The molecular formula is C24H24FN3O. The first kappa shape index (κ1) is 19.2. The first-order valence-electron chi connectivity index (χ1n) is 10.0. The molecule has 1 atom stereocenters. The molecule has 5 heteroatoms. The SMILES string of the molecule is Cc1ncc(Cc2ccccc2)c([C@@H]2CCCN(C(=O)c3ccccc3F)C2)n1. The summed E-state index contributed by atoms with van der Waals surface area (Å²) in [5.41, 5.74) is 3.44. The zero-order chi connectivity index (χ0) is 20.2. The number of amides is 1. The molecule has 1 aliphatic heterocycles. The smallest absolute Gasteiger partial charge is 0.256 e. The van der Waals surface area contributed by atoms with Crippen LogP contribution in [-0.2, 0) is 6.42 Å². The van der Waals surface area contributed by atoms with Gasteiger partial charge in [-0.2, -0.15) is 0 Å². The number of rotatable bonds is 4. The van der Waals surface area contributed by atoms with Crippen LogP contribution in [0.2, 0.25) is 0 Å². The van der Waals surface area contributed by atoms with Crippen LogP contribution in [0.5, 0.6) is 0 Å². The zero-order valence-corrected chi connectivity index (χ0v) is 16.5. The molecule has 0 unspecified atom stereocenters. The lowest BCUT2D eigenvalue weighted by atomic mass is 9.89. The molecule has 2 aromatic carbocycles. The maximum Gasteiger partial charge on any atom is 0.256 e. The lowest BCUT2D eigenvalue weighted by Gasteiger charge is -2.33. The number of likely N-dealkylation sites (tertiary alicyclic amines) is 1. The summed E-state index contributed by atoms with van der Waals surface area (Å²) in [5, 5.41) is 0. The lowest BCUT2D eigenvalue weighted by molar-refractivity contribution is 0.0701. The van der Waals surface area contributed by atoms with E-state index in [0.717, 1.165) is 36.3 Å². The number of aromatic nitrogens is 2. The molecule has 1 amide bonds. The summed E-state index contributed by atoms with van der Waals surface area (Å²) in [6, 6.07) is 16.4. The van der Waals surface area contributed by atoms with Gasteiger partial charge in [-0.1, -0.05) is 42.5 Å². The number of benzene rings is 2. The van der Waals surface area contributed by atoms with E-state index in [1.54, 1.807) is 23.1 Å². The summed E-state index contributed by atoms with van der Waals surface area (Å²) in [4.78, 5) is 23.8. The fraction of sp³-hybridized carbons (Fsp3) is 0.292. The van der Waals surface area contributed by atoms with Gasteiger partial charge in [0.05, 0.1) is 11.3 Å². The fourth-order valence-corrected chi connectivity index (χ4v) is 4.01. The number of aryl methyl sites for hydroxylation is 1. The predicted molar refractivity (Wildman–Crippen MR) is 110 cm³/mol. The Morgan fingerprint density at radius 2 is 1.90 bits per heavy atom. The molecule has 0 radical (unpaired) electrons. The van der Waals surface area contributed by atoms with E-state index in [-0.39, 0.29) is 17.4 Å². The normalized spacial score (nSPS) is 16.6. The minimum absolute atomic E-state index is 0.125. The first-order valence-corrected chi connectivity index (χ1v) is 10.0. The number of hydrogen-bond acceptors (Lipinski definition) is 3. The van der Waals surface area contributed by atoms with Crippen molar-refractivity contribution >= 4 is 5.91 Å². The molecule has 0 spiro atoms. The molecule has 1 aliphatic rings. The summed E-state index contributed by atoms with van der Waals surface area (Å²) in [6.07, 6.45) is 4.49. The topological polar surface area (TPSA) is 46.1 Å². The second-order valence-corrected chi connectivity index (χ2v) is 7.56. The van der Waals surface area contributed by atoms with Gasteiger partial charge in [0.25, 0.3) is 5.91 Å². The molecule has 148 valence electrons. The molecule has 0 aliphatic carbocycles. The van der Waals surface area contributed by atoms with E-state index in [9.17, 15) is 9.18 Å². The second kappa shape index (κ2) is 8.52. The number of halogens is 1. The summed E-state index contributed by atoms with van der Waals surface area (Å²) in [7, 11) is 0. The fourth-order valence-electron chi connectivity index (χ4n) is 4.01. The standard InChI is InChI=1S/C24H24FN3O/c1-17-26-15-20(14-18-8-3-2-4-9-18)23(27-17)19-10-7-13-28(16-19)24(29)21-11-5-6-12-22(21)25/h2-6,8-9,11-12,15,19H,7,10,13-14,16H2,1H3/t19-/m1/s1. The Hall–Kier alpha value is -3.08. The minimum Gasteiger partial charge on any atom is -0.338 e. The Morgan fingerprint density at radius 3 is 2.69 bits per heavy atom. The van der Waals surface area contributed by atoms with Gasteiger partial charge >= 0.3 is 0 Å². The molecular weight excluding hydrogens is 365 g/mol. The Kier molecular flexibility index (Phi) is 5.65. The maximum atomic E-state index is 14.1. The summed E-state index contributed by atoms with van der Waals surface area (Å²) in [5.74, 6) is 0.139. The Morgan fingerprint density at radius 1 is 1.14 bits per heavy atom. The highest BCUT2D eigenvalue weighted by molar-refractivity contribution is 5.94. The van der Waals surface area contributed by atoms with Crippen molar-refractivity contribution in [3.63, 3.8) is 0 Å². The molecule has 1 saturated heterocycles. The van der Waals surface area contributed by atoms with E-state index in [2.05, 4.69) is 17.1 Å². The van der Waals surface area contributed by atoms with Gasteiger partial charge in [0.1, 0.15) is 11.6 Å². The van der Waals surface area contributed by atoms with Gasteiger partial charge in [0, 0.05) is 31.6 Å². The van der Waals surface area contributed by atoms with Crippen molar-refractivity contribution < 1.29 is 9.18 Å². The van der Waals surface area contributed by atoms with Gasteiger partial charge in [-0.05, 0) is 43.0 Å². The van der Waals surface area contributed by atoms with E-state index in [1.165, 1.54) is 11.6 Å². The minimum atomic E-state index is -0.470. The van der Waals surface area contributed by atoms with E-state index < -0.39 is 5.82 Å². The van der Waals surface area contributed by atoms with Crippen LogP contribution in [0.1, 0.15) is 51.8 Å². The van der Waals surface area contributed by atoms with E-state index >= 15 is 0 Å². The molecule has 0 saturated carbocycles. The third-order valence-electron chi connectivity index (χ3n) is 5.46. The maximum absolute atomic E-state index is 14.1. The van der Waals surface area contributed by atoms with Crippen LogP contribution in [-0.4, -0.2) is 33.9 Å². The van der Waals surface area contributed by atoms with E-state index in [1.807, 2.05) is 31.3 Å². The number of hydrogen-bond donors (Lipinski definition) is 0. The van der Waals surface area contributed by atoms with Crippen molar-refractivity contribution in [2.75, 3.05) is 13.1 Å². The average Bonchev–Trinajstić information content (AvgIpc) is 2.76. The highest BCUT2D eigenvalue weighted by atomic mass is 19.1. The van der Waals surface area contributed by atoms with Gasteiger partial charge in [-0.15, -0.1) is 0 Å². The quantitative estimate of drug-likeness (QED) is 0.658. The molecule has 2 heterocycles. The Bertz CT molecular complexity index is 1010. The molecule has 29 heavy (non-hydrogen) atoms. The van der Waals surface area contributed by atoms with Crippen LogP contribution >= 0.6 is 0 Å². The van der Waals surface area contributed by atoms with Gasteiger partial charge in [0.2, 0.25) is 0 Å². The number of carbonyl (C=O) groups excluding carboxylic acids is 1. The number of nitrogens with zero attached hydrogens (tertiary/aromatic N) is 3. The Balaban J connectivity index is 1.59. The molecule has 3 aromatic rings. The Labute approximate surface area is 170 Å². The summed E-state index contributed by atoms with van der Waals surface area (Å²) < 4.78 is 14.1. The van der Waals surface area contributed by atoms with Crippen molar-refractivity contribution in [2.24, 2.45) is 0 Å². The highest BCUT2D eigenvalue weighted by Crippen LogP contribution is 2.30. The molecule has 1 fully saturated rings. The van der Waals surface area contributed by atoms with Crippen molar-refractivity contribution in [3.8, 4) is 0 Å². The number of carbonyl (C=O) groups is 1. The molecule has 0 bridgehead atoms. The van der Waals surface area contributed by atoms with E-state index in [4.69, 9.17) is 4.98 Å². The molecule has 0 N–H and O–H groups in total. The van der Waals surface area contributed by atoms with Crippen molar-refractivity contribution in [1.82, 2.24) is 14.9 Å². The van der Waals surface area contributed by atoms with Gasteiger partial charge in [-0.25, -0.2) is 14.4 Å². The largest absolute Gasteiger partial charge is 0.338 e. The number of piperidine rings is 1. The van der Waals surface area contributed by atoms with Crippen molar-refractivity contribution in [3.05, 3.63) is 94.8 Å². The van der Waals surface area contributed by atoms with Crippen LogP contribution in [0.25, 0.3) is 0 Å². The van der Waals surface area contributed by atoms with Crippen LogP contribution in [0.15, 0.2) is 60.8 Å². The van der Waals surface area contributed by atoms with Crippen LogP contribution < -0.4 is 0 Å². The average molecular weight is 389 g/mol. The monoisotopic (exact) mass is 389 g/mol. The van der Waals surface area contributed by atoms with Gasteiger partial charge < -0.3 is 4.90 Å². The lowest BCUT2D eigenvalue weighted by Crippen LogP contribution is -2.40. The first-order chi connectivity index (χ1) is 14.1. The van der Waals surface area contributed by atoms with Crippen LogP contribution in [0.3, 0.4) is 0 Å². The molecule has 4 rings (SSSR count). The van der Waals surface area contributed by atoms with Gasteiger partial charge in [-0.3, -0.25) is 4.79 Å². The van der Waals surface area contributed by atoms with Crippen molar-refractivity contribution in [1.29, 1.82) is 0 Å². The van der Waals surface area contributed by atoms with Gasteiger partial charge in [0.15, 0.2) is 0 Å². The van der Waals surface area contributed by atoms with Crippen LogP contribution in [0.4, 0.5) is 4.39 Å². The summed E-state index contributed by atoms with van der Waals surface area (Å²) >= 11 is 0. The molecule has 4 nitrogen and oxygen atoms in total. The van der Waals surface area contributed by atoms with Crippen LogP contribution in [0, 0.1) is 12.7 Å². The third-order valence-corrected chi connectivity index (χ3v) is 5.46. The summed E-state index contributed by atoms with van der Waals surface area (Å²) in [6.45, 7) is 3.08. The molecule has 1 aromatic heterocycles.